The maximum absolute atomic E-state index is 4.62. The predicted molar refractivity (Wildman–Crippen MR) is 116 cm³/mol. The number of anilines is 1. The Morgan fingerprint density at radius 3 is 2.44 bits per heavy atom. The van der Waals surface area contributed by atoms with Crippen LogP contribution in [-0.2, 0) is 13.1 Å². The van der Waals surface area contributed by atoms with Crippen LogP contribution in [0.15, 0.2) is 52.5 Å². The molecule has 0 unspecified atom stereocenters. The summed E-state index contributed by atoms with van der Waals surface area (Å²) in [6, 6.07) is 13.0. The highest BCUT2D eigenvalue weighted by atomic mass is 32.2. The number of pyridine rings is 1. The molecule has 1 saturated heterocycles. The van der Waals surface area contributed by atoms with Gasteiger partial charge in [-0.3, -0.25) is 4.99 Å². The van der Waals surface area contributed by atoms with Crippen LogP contribution in [0.5, 0.6) is 0 Å². The molecule has 27 heavy (non-hydrogen) atoms. The van der Waals surface area contributed by atoms with E-state index in [9.17, 15) is 0 Å². The van der Waals surface area contributed by atoms with Crippen molar-refractivity contribution in [1.29, 1.82) is 0 Å². The highest BCUT2D eigenvalue weighted by Gasteiger charge is 2.13. The quantitative estimate of drug-likeness (QED) is 0.469. The van der Waals surface area contributed by atoms with E-state index in [1.54, 1.807) is 11.8 Å². The number of hydrogen-bond donors (Lipinski definition) is 1. The first-order valence-corrected chi connectivity index (χ1v) is 10.7. The minimum Gasteiger partial charge on any atom is -0.357 e. The Labute approximate surface area is 166 Å². The molecule has 3 rings (SSSR count). The number of hydrogen-bond acceptors (Lipinski definition) is 4. The van der Waals surface area contributed by atoms with Gasteiger partial charge in [0.05, 0.1) is 0 Å². The van der Waals surface area contributed by atoms with Crippen molar-refractivity contribution in [2.75, 3.05) is 38.3 Å². The fourth-order valence-electron chi connectivity index (χ4n) is 3.30. The lowest BCUT2D eigenvalue weighted by atomic mass is 10.2. The maximum atomic E-state index is 4.62. The first kappa shape index (κ1) is 19.5. The van der Waals surface area contributed by atoms with Crippen molar-refractivity contribution in [3.05, 3.63) is 53.7 Å². The van der Waals surface area contributed by atoms with E-state index in [0.717, 1.165) is 43.5 Å². The zero-order valence-corrected chi connectivity index (χ0v) is 17.3. The molecule has 2 heterocycles. The maximum Gasteiger partial charge on any atom is 0.193 e. The molecule has 1 aliphatic heterocycles. The van der Waals surface area contributed by atoms with Gasteiger partial charge in [0.15, 0.2) is 5.96 Å². The van der Waals surface area contributed by atoms with Crippen molar-refractivity contribution >= 4 is 23.5 Å². The van der Waals surface area contributed by atoms with E-state index < -0.39 is 0 Å². The van der Waals surface area contributed by atoms with Gasteiger partial charge in [0, 0.05) is 51.4 Å². The highest BCUT2D eigenvalue weighted by molar-refractivity contribution is 7.98. The number of rotatable bonds is 6. The lowest BCUT2D eigenvalue weighted by Crippen LogP contribution is -2.38. The van der Waals surface area contributed by atoms with Crippen LogP contribution in [0.1, 0.15) is 24.0 Å². The normalized spacial score (nSPS) is 14.5. The molecule has 0 aliphatic carbocycles. The molecular weight excluding hydrogens is 354 g/mol. The summed E-state index contributed by atoms with van der Waals surface area (Å²) < 4.78 is 0. The molecule has 0 radical (unpaired) electrons. The Morgan fingerprint density at radius 1 is 1.15 bits per heavy atom. The first-order valence-electron chi connectivity index (χ1n) is 9.44. The molecule has 1 aromatic heterocycles. The number of aromatic nitrogens is 1. The summed E-state index contributed by atoms with van der Waals surface area (Å²) in [4.78, 5) is 14.8. The van der Waals surface area contributed by atoms with Crippen LogP contribution < -0.4 is 10.2 Å². The number of guanidine groups is 1. The molecule has 1 N–H and O–H groups in total. The summed E-state index contributed by atoms with van der Waals surface area (Å²) in [7, 11) is 3.89. The molecule has 0 atom stereocenters. The smallest absolute Gasteiger partial charge is 0.193 e. The second-order valence-corrected chi connectivity index (χ2v) is 7.70. The van der Waals surface area contributed by atoms with Gasteiger partial charge in [-0.15, -0.1) is 11.8 Å². The Hall–Kier alpha value is -2.21. The third-order valence-corrected chi connectivity index (χ3v) is 5.59. The fraction of sp³-hybridized carbons (Fsp3) is 0.429. The van der Waals surface area contributed by atoms with Gasteiger partial charge in [0.1, 0.15) is 5.82 Å². The minimum atomic E-state index is 0.718. The van der Waals surface area contributed by atoms with Gasteiger partial charge in [-0.1, -0.05) is 18.2 Å². The molecule has 0 bridgehead atoms. The van der Waals surface area contributed by atoms with Gasteiger partial charge in [0.25, 0.3) is 0 Å². The van der Waals surface area contributed by atoms with Crippen molar-refractivity contribution in [3.63, 3.8) is 0 Å². The fourth-order valence-corrected chi connectivity index (χ4v) is 3.71. The largest absolute Gasteiger partial charge is 0.357 e. The van der Waals surface area contributed by atoms with Crippen molar-refractivity contribution in [3.8, 4) is 0 Å². The topological polar surface area (TPSA) is 43.8 Å². The predicted octanol–water partition coefficient (Wildman–Crippen LogP) is 3.61. The van der Waals surface area contributed by atoms with Crippen molar-refractivity contribution in [2.45, 2.75) is 30.8 Å². The number of nitrogens with one attached hydrogen (secondary N) is 1. The van der Waals surface area contributed by atoms with Gasteiger partial charge >= 0.3 is 0 Å². The van der Waals surface area contributed by atoms with Gasteiger partial charge in [0.2, 0.25) is 0 Å². The third kappa shape index (κ3) is 5.39. The van der Waals surface area contributed by atoms with Crippen LogP contribution in [0, 0.1) is 0 Å². The Morgan fingerprint density at radius 2 is 1.85 bits per heavy atom. The average Bonchev–Trinajstić information content (AvgIpc) is 3.24. The molecule has 144 valence electrons. The summed E-state index contributed by atoms with van der Waals surface area (Å²) in [5.41, 5.74) is 2.44. The summed E-state index contributed by atoms with van der Waals surface area (Å²) in [5.74, 6) is 1.97. The summed E-state index contributed by atoms with van der Waals surface area (Å²) in [5, 5.41) is 3.44. The van der Waals surface area contributed by atoms with Crippen LogP contribution in [0.2, 0.25) is 0 Å². The summed E-state index contributed by atoms with van der Waals surface area (Å²) in [6.45, 7) is 3.79. The zero-order chi connectivity index (χ0) is 19.1. The van der Waals surface area contributed by atoms with Gasteiger partial charge in [-0.2, -0.15) is 0 Å². The monoisotopic (exact) mass is 383 g/mol. The number of thioether (sulfide) groups is 1. The highest BCUT2D eigenvalue weighted by Crippen LogP contribution is 2.18. The van der Waals surface area contributed by atoms with Crippen molar-refractivity contribution < 1.29 is 0 Å². The van der Waals surface area contributed by atoms with Crippen LogP contribution in [0.25, 0.3) is 0 Å². The first-order chi connectivity index (χ1) is 13.2. The van der Waals surface area contributed by atoms with Crippen LogP contribution in [0.3, 0.4) is 0 Å². The molecule has 0 spiro atoms. The standard InChI is InChI=1S/C21H29N5S/c1-22-21(25(2)16-17-6-9-19(27-3)10-7-17)24-15-18-8-11-20(23-14-18)26-12-4-5-13-26/h6-11,14H,4-5,12-13,15-16H2,1-3H3,(H,22,24). The van der Waals surface area contributed by atoms with E-state index in [1.165, 1.54) is 23.3 Å². The molecule has 1 fully saturated rings. The number of benzene rings is 1. The lowest BCUT2D eigenvalue weighted by molar-refractivity contribution is 0.476. The number of aliphatic imine (C=N–C) groups is 1. The Balaban J connectivity index is 1.53. The molecular formula is C21H29N5S. The van der Waals surface area contributed by atoms with Crippen LogP contribution in [-0.4, -0.2) is 49.3 Å². The summed E-state index contributed by atoms with van der Waals surface area (Å²) in [6.07, 6.45) is 6.61. The van der Waals surface area contributed by atoms with E-state index in [4.69, 9.17) is 0 Å². The van der Waals surface area contributed by atoms with E-state index in [2.05, 4.69) is 74.8 Å². The molecule has 0 saturated carbocycles. The average molecular weight is 384 g/mol. The van der Waals surface area contributed by atoms with E-state index >= 15 is 0 Å². The van der Waals surface area contributed by atoms with Crippen LogP contribution >= 0.6 is 11.8 Å². The van der Waals surface area contributed by atoms with E-state index in [1.807, 2.05) is 13.2 Å². The number of nitrogens with zero attached hydrogens (tertiary/aromatic N) is 4. The Kier molecular flexibility index (Phi) is 6.98. The second-order valence-electron chi connectivity index (χ2n) is 6.82. The van der Waals surface area contributed by atoms with Gasteiger partial charge in [-0.05, 0) is 48.4 Å². The summed E-state index contributed by atoms with van der Waals surface area (Å²) >= 11 is 1.76. The van der Waals surface area contributed by atoms with Gasteiger partial charge < -0.3 is 15.1 Å². The van der Waals surface area contributed by atoms with Gasteiger partial charge in [-0.25, -0.2) is 4.98 Å². The molecule has 0 amide bonds. The van der Waals surface area contributed by atoms with Crippen molar-refractivity contribution in [2.24, 2.45) is 4.99 Å². The van der Waals surface area contributed by atoms with Crippen LogP contribution in [0.4, 0.5) is 5.82 Å². The SMILES string of the molecule is CN=C(NCc1ccc(N2CCCC2)nc1)N(C)Cc1ccc(SC)cc1. The Bertz CT molecular complexity index is 736. The second kappa shape index (κ2) is 9.65. The lowest BCUT2D eigenvalue weighted by Gasteiger charge is -2.22. The van der Waals surface area contributed by atoms with E-state index in [-0.39, 0.29) is 0 Å². The molecule has 2 aromatic rings. The third-order valence-electron chi connectivity index (χ3n) is 4.84. The molecule has 6 heteroatoms. The molecule has 5 nitrogen and oxygen atoms in total. The molecule has 1 aliphatic rings. The minimum absolute atomic E-state index is 0.718. The van der Waals surface area contributed by atoms with Crippen molar-refractivity contribution in [1.82, 2.24) is 15.2 Å². The zero-order valence-electron chi connectivity index (χ0n) is 16.5. The molecule has 1 aromatic carbocycles. The van der Waals surface area contributed by atoms with E-state index in [0.29, 0.717) is 0 Å².